The van der Waals surface area contributed by atoms with E-state index >= 15 is 0 Å². The van der Waals surface area contributed by atoms with Crippen LogP contribution in [0.2, 0.25) is 0 Å². The summed E-state index contributed by atoms with van der Waals surface area (Å²) in [7, 11) is -0.897. The van der Waals surface area contributed by atoms with E-state index in [0.717, 1.165) is 28.9 Å². The van der Waals surface area contributed by atoms with Crippen LogP contribution < -0.4 is 5.32 Å². The summed E-state index contributed by atoms with van der Waals surface area (Å²) in [4.78, 5) is 47.2. The summed E-state index contributed by atoms with van der Waals surface area (Å²) in [5.74, 6) is -1.30. The average Bonchev–Trinajstić information content (AvgIpc) is 3.43. The largest absolute Gasteiger partial charge is 0.464 e. The van der Waals surface area contributed by atoms with Crippen LogP contribution in [0.4, 0.5) is 4.79 Å². The van der Waals surface area contributed by atoms with Crippen LogP contribution >= 0.6 is 11.3 Å². The molecule has 1 aromatic heterocycles. The molecule has 0 spiro atoms. The predicted molar refractivity (Wildman–Crippen MR) is 159 cm³/mol. The van der Waals surface area contributed by atoms with Crippen molar-refractivity contribution in [1.82, 2.24) is 24.4 Å². The zero-order chi connectivity index (χ0) is 30.9. The van der Waals surface area contributed by atoms with Crippen molar-refractivity contribution in [2.24, 2.45) is 0 Å². The van der Waals surface area contributed by atoms with Crippen molar-refractivity contribution in [3.8, 4) is 0 Å². The number of alkyl carbamates (subject to hydrolysis) is 1. The predicted octanol–water partition coefficient (Wildman–Crippen LogP) is 2.04. The first-order valence-corrected chi connectivity index (χ1v) is 15.9. The number of carbonyl (C=O) groups is 3. The Morgan fingerprint density at radius 3 is 2.63 bits per heavy atom. The number of ether oxygens (including phenoxy) is 2. The second kappa shape index (κ2) is 12.4. The number of fused-ring (bicyclic) bond motifs is 2. The summed E-state index contributed by atoms with van der Waals surface area (Å²) in [6.45, 7) is 2.96. The van der Waals surface area contributed by atoms with E-state index in [1.165, 1.54) is 39.8 Å². The topological polar surface area (TPSA) is 162 Å². The molecule has 3 heterocycles. The molecule has 1 fully saturated rings. The van der Waals surface area contributed by atoms with Crippen molar-refractivity contribution in [2.75, 3.05) is 46.9 Å². The van der Waals surface area contributed by atoms with Gasteiger partial charge in [-0.25, -0.2) is 23.0 Å². The molecule has 15 heteroatoms. The van der Waals surface area contributed by atoms with Gasteiger partial charge in [0.2, 0.25) is 10.0 Å². The number of benzene rings is 2. The Bertz CT molecular complexity index is 1710. The van der Waals surface area contributed by atoms with Gasteiger partial charge < -0.3 is 19.3 Å². The first kappa shape index (κ1) is 30.5. The van der Waals surface area contributed by atoms with Gasteiger partial charge in [-0.1, -0.05) is 18.2 Å². The lowest BCUT2D eigenvalue weighted by Gasteiger charge is -2.38. The van der Waals surface area contributed by atoms with E-state index in [-0.39, 0.29) is 42.0 Å². The van der Waals surface area contributed by atoms with E-state index in [9.17, 15) is 22.8 Å². The molecular weight excluding hydrogens is 596 g/mol. The smallest absolute Gasteiger partial charge is 0.412 e. The van der Waals surface area contributed by atoms with Gasteiger partial charge in [0.25, 0.3) is 5.91 Å². The van der Waals surface area contributed by atoms with Gasteiger partial charge in [-0.15, -0.1) is 11.3 Å². The van der Waals surface area contributed by atoms with Gasteiger partial charge in [0.15, 0.2) is 5.01 Å². The number of amidine groups is 1. The fourth-order valence-corrected chi connectivity index (χ4v) is 7.73. The molecule has 2 N–H and O–H groups in total. The number of likely N-dealkylation sites (N-methyl/N-ethyl adjacent to an activating group) is 1. The minimum absolute atomic E-state index is 0.0105. The Balaban J connectivity index is 1.40. The number of carbonyl (C=O) groups excluding carboxylic acids is 3. The average molecular weight is 629 g/mol. The highest BCUT2D eigenvalue weighted by Crippen LogP contribution is 2.29. The number of sulfonamides is 1. The number of piperazine rings is 1. The van der Waals surface area contributed by atoms with Crippen molar-refractivity contribution in [2.45, 2.75) is 30.8 Å². The SMILES string of the molecule is CCOC(=O)C1CN(S(=O)(=O)c2ccc3ccc(C(=N)NC(=O)OC)cc3c2)CCN1C(=O)c1nc2c(s1)CN(C)CC2. The standard InChI is InChI=1S/C28H32N6O7S2/c1-4-41-27(36)22-15-33(11-12-34(22)26(35)25-30-21-9-10-32(2)16-23(21)42-25)43(38,39)20-8-7-17-5-6-18(13-19(17)14-20)24(29)31-28(37)40-3/h5-8,13-14,22H,4,9-12,15-16H2,1-3H3,(H2,29,31,37). The maximum absolute atomic E-state index is 13.8. The van der Waals surface area contributed by atoms with E-state index < -0.39 is 34.0 Å². The highest BCUT2D eigenvalue weighted by Gasteiger charge is 2.42. The molecule has 1 atom stereocenters. The Morgan fingerprint density at radius 2 is 1.88 bits per heavy atom. The zero-order valence-corrected chi connectivity index (χ0v) is 25.6. The molecule has 0 bridgehead atoms. The number of amides is 2. The van der Waals surface area contributed by atoms with Crippen LogP contribution in [0.5, 0.6) is 0 Å². The molecule has 0 aliphatic carbocycles. The number of thiazole rings is 1. The van der Waals surface area contributed by atoms with Gasteiger partial charge >= 0.3 is 12.1 Å². The number of hydrogen-bond donors (Lipinski definition) is 2. The van der Waals surface area contributed by atoms with Gasteiger partial charge in [0.1, 0.15) is 11.9 Å². The number of esters is 1. The third-order valence-corrected chi connectivity index (χ3v) is 10.3. The molecule has 2 aliphatic rings. The lowest BCUT2D eigenvalue weighted by atomic mass is 10.1. The molecule has 2 amide bonds. The fourth-order valence-electron chi connectivity index (χ4n) is 5.11. The maximum atomic E-state index is 13.8. The molecule has 2 aliphatic heterocycles. The highest BCUT2D eigenvalue weighted by atomic mass is 32.2. The molecule has 228 valence electrons. The molecule has 5 rings (SSSR count). The van der Waals surface area contributed by atoms with Crippen LogP contribution in [0.25, 0.3) is 10.8 Å². The molecule has 43 heavy (non-hydrogen) atoms. The Morgan fingerprint density at radius 1 is 1.12 bits per heavy atom. The van der Waals surface area contributed by atoms with E-state index in [1.54, 1.807) is 31.2 Å². The van der Waals surface area contributed by atoms with E-state index in [1.807, 2.05) is 7.05 Å². The van der Waals surface area contributed by atoms with Crippen LogP contribution in [0, 0.1) is 5.41 Å². The van der Waals surface area contributed by atoms with Crippen LogP contribution in [0.15, 0.2) is 41.3 Å². The summed E-state index contributed by atoms with van der Waals surface area (Å²) in [6.07, 6.45) is -0.0590. The molecule has 1 saturated heterocycles. The summed E-state index contributed by atoms with van der Waals surface area (Å²) >= 11 is 1.31. The van der Waals surface area contributed by atoms with Gasteiger partial charge in [0.05, 0.1) is 24.3 Å². The normalized spacial score (nSPS) is 17.7. The van der Waals surface area contributed by atoms with Gasteiger partial charge in [-0.3, -0.25) is 15.5 Å². The van der Waals surface area contributed by atoms with E-state index in [2.05, 4.69) is 19.9 Å². The molecule has 0 radical (unpaired) electrons. The summed E-state index contributed by atoms with van der Waals surface area (Å²) in [6, 6.07) is 8.40. The summed E-state index contributed by atoms with van der Waals surface area (Å²) < 4.78 is 38.6. The Labute approximate surface area is 252 Å². The first-order chi connectivity index (χ1) is 20.5. The van der Waals surface area contributed by atoms with E-state index in [0.29, 0.717) is 17.5 Å². The molecule has 0 saturated carbocycles. The highest BCUT2D eigenvalue weighted by molar-refractivity contribution is 7.89. The number of nitrogens with one attached hydrogen (secondary N) is 2. The van der Waals surface area contributed by atoms with Crippen molar-refractivity contribution < 1.29 is 32.3 Å². The lowest BCUT2D eigenvalue weighted by Crippen LogP contribution is -2.59. The molecule has 13 nitrogen and oxygen atoms in total. The number of methoxy groups -OCH3 is 1. The van der Waals surface area contributed by atoms with Crippen LogP contribution in [-0.4, -0.2) is 104 Å². The number of nitrogens with zero attached hydrogens (tertiary/aromatic N) is 4. The van der Waals surface area contributed by atoms with Crippen LogP contribution in [0.3, 0.4) is 0 Å². The van der Waals surface area contributed by atoms with Crippen molar-refractivity contribution in [3.05, 3.63) is 57.5 Å². The molecular formula is C28H32N6O7S2. The Hall–Kier alpha value is -3.92. The van der Waals surface area contributed by atoms with E-state index in [4.69, 9.17) is 10.1 Å². The second-order valence-electron chi connectivity index (χ2n) is 10.2. The molecule has 1 unspecified atom stereocenters. The molecule has 2 aromatic carbocycles. The van der Waals surface area contributed by atoms with Crippen molar-refractivity contribution >= 4 is 55.9 Å². The van der Waals surface area contributed by atoms with Crippen molar-refractivity contribution in [1.29, 1.82) is 5.41 Å². The fraction of sp³-hybridized carbons (Fsp3) is 0.393. The van der Waals surface area contributed by atoms with Gasteiger partial charge in [0, 0.05) is 49.6 Å². The third-order valence-electron chi connectivity index (χ3n) is 7.42. The lowest BCUT2D eigenvalue weighted by molar-refractivity contribution is -0.149. The van der Waals surface area contributed by atoms with Crippen molar-refractivity contribution in [3.63, 3.8) is 0 Å². The number of rotatable bonds is 6. The summed E-state index contributed by atoms with van der Waals surface area (Å²) in [5, 5.41) is 11.9. The van der Waals surface area contributed by atoms with Gasteiger partial charge in [-0.05, 0) is 42.9 Å². The second-order valence-corrected chi connectivity index (χ2v) is 13.2. The zero-order valence-electron chi connectivity index (χ0n) is 24.0. The monoisotopic (exact) mass is 628 g/mol. The maximum Gasteiger partial charge on any atom is 0.412 e. The quantitative estimate of drug-likeness (QED) is 0.236. The minimum atomic E-state index is -4.09. The van der Waals surface area contributed by atoms with Crippen LogP contribution in [0.1, 0.15) is 32.9 Å². The van der Waals surface area contributed by atoms with Crippen LogP contribution in [-0.2, 0) is 37.3 Å². The third kappa shape index (κ3) is 6.25. The summed E-state index contributed by atoms with van der Waals surface area (Å²) in [5.41, 5.74) is 1.24. The first-order valence-electron chi connectivity index (χ1n) is 13.6. The van der Waals surface area contributed by atoms with Gasteiger partial charge in [-0.2, -0.15) is 4.31 Å². The number of aromatic nitrogens is 1. The minimum Gasteiger partial charge on any atom is -0.464 e. The number of hydrogen-bond acceptors (Lipinski definition) is 11. The Kier molecular flexibility index (Phi) is 8.78. The molecule has 3 aromatic rings.